The monoisotopic (exact) mass is 204 g/mol. The lowest BCUT2D eigenvalue weighted by Crippen LogP contribution is -2.19. The number of aromatic nitrogens is 1. The molecule has 78 valence electrons. The first-order valence-corrected chi connectivity index (χ1v) is 5.15. The first-order valence-electron chi connectivity index (χ1n) is 5.15. The number of rotatable bonds is 2. The Hall–Kier alpha value is -1.55. The number of para-hydroxylation sites is 2. The Kier molecular flexibility index (Phi) is 2.07. The molecule has 0 aliphatic carbocycles. The van der Waals surface area contributed by atoms with Crippen molar-refractivity contribution >= 4 is 11.1 Å². The van der Waals surface area contributed by atoms with Crippen LogP contribution in [-0.2, 0) is 0 Å². The van der Waals surface area contributed by atoms with Crippen molar-refractivity contribution in [3.63, 3.8) is 0 Å². The number of oxazole rings is 1. The smallest absolute Gasteiger partial charge is 0.394 e. The Balaban J connectivity index is 1.84. The molecule has 0 amide bonds. The van der Waals surface area contributed by atoms with E-state index >= 15 is 0 Å². The van der Waals surface area contributed by atoms with Crippen LogP contribution >= 0.6 is 0 Å². The predicted molar refractivity (Wildman–Crippen MR) is 55.9 cm³/mol. The standard InChI is InChI=1S/C11H12N2O2/c1-2-4-10-9(3-1)13-11(15-10)14-8-5-6-12-7-8/h1-4,8,12H,5-7H2. The lowest BCUT2D eigenvalue weighted by atomic mass is 10.3. The number of benzene rings is 1. The maximum absolute atomic E-state index is 5.62. The van der Waals surface area contributed by atoms with Gasteiger partial charge in [-0.15, -0.1) is 0 Å². The van der Waals surface area contributed by atoms with Gasteiger partial charge in [-0.1, -0.05) is 12.1 Å². The minimum atomic E-state index is 0.193. The van der Waals surface area contributed by atoms with E-state index in [-0.39, 0.29) is 6.10 Å². The Morgan fingerprint density at radius 3 is 3.13 bits per heavy atom. The summed E-state index contributed by atoms with van der Waals surface area (Å²) in [6.07, 6.45) is 1.58. The van der Waals surface area contributed by atoms with Crippen LogP contribution in [0.1, 0.15) is 6.42 Å². The maximum atomic E-state index is 5.62. The highest BCUT2D eigenvalue weighted by molar-refractivity contribution is 5.72. The second kappa shape index (κ2) is 3.55. The van der Waals surface area contributed by atoms with Crippen molar-refractivity contribution < 1.29 is 9.15 Å². The second-order valence-electron chi connectivity index (χ2n) is 3.68. The Labute approximate surface area is 87.2 Å². The van der Waals surface area contributed by atoms with Gasteiger partial charge in [-0.2, -0.15) is 4.98 Å². The summed E-state index contributed by atoms with van der Waals surface area (Å²) in [5, 5.41) is 3.23. The molecule has 1 aliphatic rings. The van der Waals surface area contributed by atoms with Crippen LogP contribution in [0.5, 0.6) is 6.08 Å². The van der Waals surface area contributed by atoms with Gasteiger partial charge in [0, 0.05) is 6.54 Å². The summed E-state index contributed by atoms with van der Waals surface area (Å²) in [7, 11) is 0. The van der Waals surface area contributed by atoms with Crippen LogP contribution in [0, 0.1) is 0 Å². The van der Waals surface area contributed by atoms with Crippen LogP contribution in [0.25, 0.3) is 11.1 Å². The quantitative estimate of drug-likeness (QED) is 0.806. The molecule has 2 aromatic rings. The molecule has 1 aromatic heterocycles. The molecular formula is C11H12N2O2. The molecule has 1 N–H and O–H groups in total. The van der Waals surface area contributed by atoms with E-state index in [9.17, 15) is 0 Å². The first-order chi connectivity index (χ1) is 7.42. The summed E-state index contributed by atoms with van der Waals surface area (Å²) in [5.41, 5.74) is 1.62. The van der Waals surface area contributed by atoms with Gasteiger partial charge in [0.05, 0.1) is 0 Å². The van der Waals surface area contributed by atoms with Gasteiger partial charge in [0.25, 0.3) is 0 Å². The van der Waals surface area contributed by atoms with Crippen molar-refractivity contribution in [2.75, 3.05) is 13.1 Å². The number of hydrogen-bond acceptors (Lipinski definition) is 4. The highest BCUT2D eigenvalue weighted by Crippen LogP contribution is 2.21. The van der Waals surface area contributed by atoms with Gasteiger partial charge in [0.15, 0.2) is 5.58 Å². The van der Waals surface area contributed by atoms with E-state index in [0.29, 0.717) is 6.08 Å². The molecule has 3 rings (SSSR count). The molecule has 4 nitrogen and oxygen atoms in total. The van der Waals surface area contributed by atoms with E-state index < -0.39 is 0 Å². The van der Waals surface area contributed by atoms with Crippen LogP contribution < -0.4 is 10.1 Å². The molecule has 2 heterocycles. The highest BCUT2D eigenvalue weighted by Gasteiger charge is 2.18. The van der Waals surface area contributed by atoms with Crippen molar-refractivity contribution in [1.29, 1.82) is 0 Å². The third-order valence-electron chi connectivity index (χ3n) is 2.56. The van der Waals surface area contributed by atoms with E-state index in [4.69, 9.17) is 9.15 Å². The number of fused-ring (bicyclic) bond motifs is 1. The molecular weight excluding hydrogens is 192 g/mol. The zero-order valence-electron chi connectivity index (χ0n) is 8.27. The molecule has 0 spiro atoms. The average Bonchev–Trinajstić information content (AvgIpc) is 2.86. The topological polar surface area (TPSA) is 47.3 Å². The van der Waals surface area contributed by atoms with Crippen LogP contribution in [0.15, 0.2) is 28.7 Å². The second-order valence-corrected chi connectivity index (χ2v) is 3.68. The van der Waals surface area contributed by atoms with Crippen molar-refractivity contribution in [1.82, 2.24) is 10.3 Å². The van der Waals surface area contributed by atoms with Crippen LogP contribution in [0.3, 0.4) is 0 Å². The Morgan fingerprint density at radius 2 is 2.33 bits per heavy atom. The fourth-order valence-electron chi connectivity index (χ4n) is 1.77. The average molecular weight is 204 g/mol. The predicted octanol–water partition coefficient (Wildman–Crippen LogP) is 1.57. The van der Waals surface area contributed by atoms with E-state index in [1.54, 1.807) is 0 Å². The Morgan fingerprint density at radius 1 is 1.40 bits per heavy atom. The Bertz CT molecular complexity index is 427. The van der Waals surface area contributed by atoms with E-state index in [2.05, 4.69) is 10.3 Å². The van der Waals surface area contributed by atoms with Crippen molar-refractivity contribution in [2.45, 2.75) is 12.5 Å². The molecule has 15 heavy (non-hydrogen) atoms. The van der Waals surface area contributed by atoms with Crippen molar-refractivity contribution in [2.24, 2.45) is 0 Å². The summed E-state index contributed by atoms with van der Waals surface area (Å²) >= 11 is 0. The summed E-state index contributed by atoms with van der Waals surface area (Å²) in [4.78, 5) is 4.26. The van der Waals surface area contributed by atoms with Gasteiger partial charge >= 0.3 is 6.08 Å². The molecule has 0 saturated carbocycles. The largest absolute Gasteiger partial charge is 0.445 e. The van der Waals surface area contributed by atoms with Crippen LogP contribution in [0.4, 0.5) is 0 Å². The lowest BCUT2D eigenvalue weighted by Gasteiger charge is -2.06. The highest BCUT2D eigenvalue weighted by atomic mass is 16.6. The molecule has 4 heteroatoms. The van der Waals surface area contributed by atoms with Gasteiger partial charge < -0.3 is 14.5 Å². The fourth-order valence-corrected chi connectivity index (χ4v) is 1.77. The zero-order valence-corrected chi connectivity index (χ0v) is 8.27. The van der Waals surface area contributed by atoms with Gasteiger partial charge in [0.1, 0.15) is 11.6 Å². The van der Waals surface area contributed by atoms with Crippen LogP contribution in [0.2, 0.25) is 0 Å². The van der Waals surface area contributed by atoms with Crippen molar-refractivity contribution in [3.8, 4) is 6.08 Å². The fraction of sp³-hybridized carbons (Fsp3) is 0.364. The minimum Gasteiger partial charge on any atom is -0.445 e. The lowest BCUT2D eigenvalue weighted by molar-refractivity contribution is 0.166. The number of ether oxygens (including phenoxy) is 1. The van der Waals surface area contributed by atoms with Gasteiger partial charge in [-0.05, 0) is 25.1 Å². The molecule has 1 aromatic carbocycles. The van der Waals surface area contributed by atoms with Gasteiger partial charge in [-0.3, -0.25) is 0 Å². The summed E-state index contributed by atoms with van der Waals surface area (Å²) in [6.45, 7) is 1.88. The first kappa shape index (κ1) is 8.73. The third kappa shape index (κ3) is 1.68. The number of hydrogen-bond donors (Lipinski definition) is 1. The number of nitrogens with zero attached hydrogens (tertiary/aromatic N) is 1. The van der Waals surface area contributed by atoms with Crippen LogP contribution in [-0.4, -0.2) is 24.2 Å². The molecule has 0 radical (unpaired) electrons. The summed E-state index contributed by atoms with van der Waals surface area (Å²) < 4.78 is 11.1. The zero-order chi connectivity index (χ0) is 10.1. The molecule has 1 fully saturated rings. The van der Waals surface area contributed by atoms with E-state index in [1.165, 1.54) is 0 Å². The normalized spacial score (nSPS) is 20.9. The van der Waals surface area contributed by atoms with E-state index in [0.717, 1.165) is 30.6 Å². The minimum absolute atomic E-state index is 0.193. The molecule has 1 aliphatic heterocycles. The van der Waals surface area contributed by atoms with Gasteiger partial charge in [-0.25, -0.2) is 0 Å². The maximum Gasteiger partial charge on any atom is 0.394 e. The number of nitrogens with one attached hydrogen (secondary N) is 1. The van der Waals surface area contributed by atoms with Gasteiger partial charge in [0.2, 0.25) is 0 Å². The molecule has 0 bridgehead atoms. The molecule has 1 saturated heterocycles. The SMILES string of the molecule is c1ccc2oc(OC3CCNC3)nc2c1. The van der Waals surface area contributed by atoms with E-state index in [1.807, 2.05) is 24.3 Å². The third-order valence-corrected chi connectivity index (χ3v) is 2.56. The molecule has 1 atom stereocenters. The summed E-state index contributed by atoms with van der Waals surface area (Å²) in [5.74, 6) is 0. The van der Waals surface area contributed by atoms with Crippen molar-refractivity contribution in [3.05, 3.63) is 24.3 Å². The molecule has 1 unspecified atom stereocenters. The summed E-state index contributed by atoms with van der Waals surface area (Å²) in [6, 6.07) is 7.67.